The third-order valence-corrected chi connectivity index (χ3v) is 14.1. The molecule has 0 fully saturated rings. The fourth-order valence-electron chi connectivity index (χ4n) is 8.94. The minimum atomic E-state index is -0.821. The van der Waals surface area contributed by atoms with Gasteiger partial charge in [-0.2, -0.15) is 0 Å². The average molecular weight is 1760 g/mol. The molecule has 0 aliphatic heterocycles. The first-order valence-corrected chi connectivity index (χ1v) is 38.5. The first-order valence-electron chi connectivity index (χ1n) is 37.7. The van der Waals surface area contributed by atoms with Gasteiger partial charge in [-0.1, -0.05) is 40.2 Å². The van der Waals surface area contributed by atoms with E-state index in [1.54, 1.807) is 14.2 Å². The highest BCUT2D eigenvalue weighted by atomic mass is 79.9. The number of halogens is 1. The number of benzene rings is 2. The standard InChI is InChI=1S/C69H119BrO46/c1-73-16-20-77-81-24-28-85-89-32-36-93-97-40-44-101-105-48-52-109-113-56-58-115-111-54-50-107-103-46-42-99-95-38-34-91-87-30-26-83-79-22-18-75-14-4-12-69(66-60-62(6-3-7-68(71)72)8-10-64(66)65-11-9-63(70)61-67(65)69)13-5-15-76-19-23-80-84-27-31-88-92-35-39-96-100-43-47-104-108-51-55-112-116-59-57-114-110-53-49-106-102-45-41-98-94-37-33-90-86-29-25-82-78-21-17-74-2/h8-11,60-61H,3-7,12-59H2,1-2H3,(H,71,72). The summed E-state index contributed by atoms with van der Waals surface area (Å²) in [6, 6.07) is 12.9. The number of carboxylic acids is 1. The van der Waals surface area contributed by atoms with Crippen molar-refractivity contribution in [3.8, 4) is 11.1 Å². The van der Waals surface area contributed by atoms with Gasteiger partial charge in [0, 0.05) is 43.7 Å². The van der Waals surface area contributed by atoms with E-state index in [0.29, 0.717) is 65.7 Å². The lowest BCUT2D eigenvalue weighted by molar-refractivity contribution is -0.379. The van der Waals surface area contributed by atoms with Crippen LogP contribution in [0.5, 0.6) is 0 Å². The summed E-state index contributed by atoms with van der Waals surface area (Å²) in [5.41, 5.74) is 5.45. The second-order valence-corrected chi connectivity index (χ2v) is 23.1. The number of methoxy groups -OCH3 is 2. The molecule has 3 rings (SSSR count). The Kier molecular flexibility index (Phi) is 78.5. The Morgan fingerprint density at radius 2 is 0.457 bits per heavy atom. The Bertz CT molecular complexity index is 2300. The number of hydrogen-bond acceptors (Lipinski definition) is 45. The van der Waals surface area contributed by atoms with Crippen molar-refractivity contribution in [2.75, 3.05) is 318 Å². The molecule has 47 heteroatoms. The molecule has 1 N–H and O–H groups in total. The summed E-state index contributed by atoms with van der Waals surface area (Å²) in [4.78, 5) is 210. The largest absolute Gasteiger partial charge is 0.481 e. The van der Waals surface area contributed by atoms with Gasteiger partial charge in [-0.3, -0.25) is 4.79 Å². The van der Waals surface area contributed by atoms with E-state index in [2.05, 4.69) is 52.3 Å². The maximum absolute atomic E-state index is 11.4. The van der Waals surface area contributed by atoms with E-state index >= 15 is 0 Å². The number of carboxylic acid groups (broad SMARTS) is 1. The molecule has 0 saturated carbocycles. The highest BCUT2D eigenvalue weighted by Crippen LogP contribution is 2.54. The van der Waals surface area contributed by atoms with Gasteiger partial charge in [-0.25, -0.2) is 196 Å². The van der Waals surface area contributed by atoms with Crippen LogP contribution in [0.4, 0.5) is 0 Å². The van der Waals surface area contributed by atoms with E-state index in [4.69, 9.17) is 214 Å². The second-order valence-electron chi connectivity index (χ2n) is 22.2. The van der Waals surface area contributed by atoms with Gasteiger partial charge in [-0.05, 0) is 78.5 Å². The fourth-order valence-corrected chi connectivity index (χ4v) is 9.30. The molecule has 0 bridgehead atoms. The molecule has 0 atom stereocenters. The van der Waals surface area contributed by atoms with Crippen LogP contribution in [0, 0.1) is 0 Å². The average Bonchev–Trinajstić information content (AvgIpc) is 1.57. The molecule has 2 aromatic rings. The number of ether oxygens (including phenoxy) is 4. The predicted octanol–water partition coefficient (Wildman–Crippen LogP) is 4.97. The Morgan fingerprint density at radius 1 is 0.259 bits per heavy atom. The van der Waals surface area contributed by atoms with Crippen LogP contribution < -0.4 is 0 Å². The second kappa shape index (κ2) is 85.2. The molecule has 678 valence electrons. The summed E-state index contributed by atoms with van der Waals surface area (Å²) >= 11 is 3.73. The number of carbonyl (C=O) groups is 1. The Morgan fingerprint density at radius 3 is 0.672 bits per heavy atom. The van der Waals surface area contributed by atoms with Crippen LogP contribution in [-0.2, 0) is 231 Å². The smallest absolute Gasteiger partial charge is 0.303 e. The summed E-state index contributed by atoms with van der Waals surface area (Å²) in [5, 5.41) is 9.35. The van der Waals surface area contributed by atoms with Crippen molar-refractivity contribution < 1.29 is 224 Å². The monoisotopic (exact) mass is 1760 g/mol. The van der Waals surface area contributed by atoms with Crippen molar-refractivity contribution in [1.82, 2.24) is 0 Å². The maximum Gasteiger partial charge on any atom is 0.303 e. The molecule has 1 aliphatic rings. The van der Waals surface area contributed by atoms with E-state index in [1.165, 1.54) is 11.1 Å². The molecule has 46 nitrogen and oxygen atoms in total. The molecule has 0 amide bonds. The molecule has 116 heavy (non-hydrogen) atoms. The van der Waals surface area contributed by atoms with Gasteiger partial charge in [0.15, 0.2) is 0 Å². The molecule has 2 aromatic carbocycles. The van der Waals surface area contributed by atoms with Crippen molar-refractivity contribution >= 4 is 21.9 Å². The van der Waals surface area contributed by atoms with E-state index in [0.717, 1.165) is 46.8 Å². The zero-order valence-electron chi connectivity index (χ0n) is 66.1. The highest BCUT2D eigenvalue weighted by molar-refractivity contribution is 9.10. The van der Waals surface area contributed by atoms with Gasteiger partial charge in [0.2, 0.25) is 0 Å². The van der Waals surface area contributed by atoms with Crippen LogP contribution in [0.15, 0.2) is 40.9 Å². The number of fused-ring (bicyclic) bond motifs is 3. The molecular formula is C69H119BrO46. The van der Waals surface area contributed by atoms with Crippen molar-refractivity contribution in [3.05, 3.63) is 57.6 Å². The van der Waals surface area contributed by atoms with Gasteiger partial charge in [0.25, 0.3) is 0 Å². The van der Waals surface area contributed by atoms with Crippen molar-refractivity contribution in [3.63, 3.8) is 0 Å². The van der Waals surface area contributed by atoms with E-state index in [-0.39, 0.29) is 263 Å². The van der Waals surface area contributed by atoms with Crippen molar-refractivity contribution in [2.24, 2.45) is 0 Å². The lowest BCUT2D eigenvalue weighted by atomic mass is 9.71. The molecule has 0 spiro atoms. The molecule has 0 unspecified atom stereocenters. The van der Waals surface area contributed by atoms with Crippen LogP contribution in [0.1, 0.15) is 55.2 Å². The molecule has 0 heterocycles. The summed E-state index contributed by atoms with van der Waals surface area (Å²) in [6.45, 7) is 7.43. The minimum absolute atomic E-state index is 0.0849. The van der Waals surface area contributed by atoms with Crippen LogP contribution in [0.3, 0.4) is 0 Å². The van der Waals surface area contributed by atoms with Gasteiger partial charge in [0.05, 0.1) is 26.4 Å². The normalized spacial score (nSPS) is 12.5. The Hall–Kier alpha value is -3.37. The van der Waals surface area contributed by atoms with Gasteiger partial charge in [0.1, 0.15) is 264 Å². The third-order valence-electron chi connectivity index (χ3n) is 13.6. The van der Waals surface area contributed by atoms with Gasteiger partial charge < -0.3 is 24.1 Å². The SMILES string of the molecule is COCCOOCCOOCCOOCCOOCCOOCCOOCCOOCCOOCCOOCCOOCCOCCCC1(CCCOCCOOCCOOCCOOCCOOCCOOCCOOCCOOCCOOCCOOCCOOCCOC)c2cc(Br)ccc2-c2ccc(CCCC(=O)O)cc21. The first-order chi connectivity index (χ1) is 57.5. The molecule has 0 aromatic heterocycles. The third kappa shape index (κ3) is 65.4. The predicted molar refractivity (Wildman–Crippen MR) is 383 cm³/mol. The van der Waals surface area contributed by atoms with E-state index in [1.807, 2.05) is 0 Å². The number of aliphatic carboxylic acids is 1. The van der Waals surface area contributed by atoms with Gasteiger partial charge in [-0.15, -0.1) is 0 Å². The number of hydrogen-bond donors (Lipinski definition) is 1. The van der Waals surface area contributed by atoms with Gasteiger partial charge >= 0.3 is 5.97 Å². The minimum Gasteiger partial charge on any atom is -0.481 e. The van der Waals surface area contributed by atoms with Crippen LogP contribution in [-0.4, -0.2) is 329 Å². The summed E-state index contributed by atoms with van der Waals surface area (Å²) < 4.78 is 22.6. The summed E-state index contributed by atoms with van der Waals surface area (Å²) in [7, 11) is 3.13. The zero-order chi connectivity index (χ0) is 82.4. The molecule has 0 radical (unpaired) electrons. The maximum atomic E-state index is 11.4. The number of aryl methyl sites for hydroxylation is 1. The van der Waals surface area contributed by atoms with Crippen LogP contribution >= 0.6 is 15.9 Å². The lowest BCUT2D eigenvalue weighted by Gasteiger charge is -2.33. The fraction of sp³-hybridized carbons (Fsp3) is 0.812. The molecule has 0 saturated heterocycles. The summed E-state index contributed by atoms with van der Waals surface area (Å²) in [5.74, 6) is -0.821. The highest BCUT2D eigenvalue weighted by Gasteiger charge is 2.42. The van der Waals surface area contributed by atoms with Crippen LogP contribution in [0.2, 0.25) is 0 Å². The number of rotatable bonds is 98. The Balaban J connectivity index is 1.07. The van der Waals surface area contributed by atoms with E-state index in [9.17, 15) is 9.90 Å². The van der Waals surface area contributed by atoms with Crippen molar-refractivity contribution in [1.29, 1.82) is 0 Å². The Labute approximate surface area is 681 Å². The van der Waals surface area contributed by atoms with Crippen molar-refractivity contribution in [2.45, 2.75) is 50.4 Å². The lowest BCUT2D eigenvalue weighted by Crippen LogP contribution is -2.27. The first kappa shape index (κ1) is 107. The van der Waals surface area contributed by atoms with E-state index < -0.39 is 5.97 Å². The quantitative estimate of drug-likeness (QED) is 0.0518. The zero-order valence-corrected chi connectivity index (χ0v) is 67.7. The molecular weight excluding hydrogens is 1640 g/mol. The summed E-state index contributed by atoms with van der Waals surface area (Å²) in [6.07, 6.45) is 4.29. The van der Waals surface area contributed by atoms with Crippen LogP contribution in [0.25, 0.3) is 11.1 Å². The topological polar surface area (TPSA) is 443 Å². The molecule has 1 aliphatic carbocycles.